The van der Waals surface area contributed by atoms with Crippen LogP contribution < -0.4 is 5.32 Å². The van der Waals surface area contributed by atoms with Crippen LogP contribution in [0.4, 0.5) is 0 Å². The van der Waals surface area contributed by atoms with E-state index in [0.717, 1.165) is 19.5 Å². The van der Waals surface area contributed by atoms with E-state index in [2.05, 4.69) is 79.0 Å². The smallest absolute Gasteiger partial charge is 0.0208 e. The molecule has 0 fully saturated rings. The lowest BCUT2D eigenvalue weighted by molar-refractivity contribution is 0.751. The zero-order chi connectivity index (χ0) is 13.3. The lowest BCUT2D eigenvalue weighted by Gasteiger charge is -2.09. The van der Waals surface area contributed by atoms with Crippen molar-refractivity contribution in [2.45, 2.75) is 13.3 Å². The van der Waals surface area contributed by atoms with E-state index in [1.54, 1.807) is 0 Å². The van der Waals surface area contributed by atoms with Crippen LogP contribution in [-0.4, -0.2) is 13.1 Å². The van der Waals surface area contributed by atoms with Crippen molar-refractivity contribution in [2.24, 2.45) is 0 Å². The van der Waals surface area contributed by atoms with Crippen LogP contribution in [0.1, 0.15) is 18.1 Å². The minimum absolute atomic E-state index is 0.924. The van der Waals surface area contributed by atoms with Gasteiger partial charge in [0.1, 0.15) is 0 Å². The van der Waals surface area contributed by atoms with Gasteiger partial charge in [0.05, 0.1) is 0 Å². The lowest BCUT2D eigenvalue weighted by atomic mass is 10.1. The number of rotatable bonds is 6. The Morgan fingerprint density at radius 1 is 0.947 bits per heavy atom. The van der Waals surface area contributed by atoms with Crippen molar-refractivity contribution in [3.63, 3.8) is 0 Å². The van der Waals surface area contributed by atoms with Gasteiger partial charge in [0.2, 0.25) is 0 Å². The van der Waals surface area contributed by atoms with Crippen molar-refractivity contribution in [1.29, 1.82) is 0 Å². The summed E-state index contributed by atoms with van der Waals surface area (Å²) in [6, 6.07) is 21.1. The summed E-state index contributed by atoms with van der Waals surface area (Å²) < 4.78 is 0. The number of allylic oxidation sites excluding steroid dienone is 1. The van der Waals surface area contributed by atoms with Crippen LogP contribution in [0, 0.1) is 0 Å². The van der Waals surface area contributed by atoms with E-state index >= 15 is 0 Å². The summed E-state index contributed by atoms with van der Waals surface area (Å²) in [7, 11) is 0. The van der Waals surface area contributed by atoms with Crippen molar-refractivity contribution >= 4 is 5.57 Å². The van der Waals surface area contributed by atoms with Gasteiger partial charge < -0.3 is 5.32 Å². The highest BCUT2D eigenvalue weighted by molar-refractivity contribution is 5.66. The summed E-state index contributed by atoms with van der Waals surface area (Å²) in [5, 5.41) is 3.52. The molecule has 2 aromatic rings. The van der Waals surface area contributed by atoms with Crippen molar-refractivity contribution < 1.29 is 0 Å². The Balaban J connectivity index is 1.79. The monoisotopic (exact) mass is 251 g/mol. The first kappa shape index (κ1) is 13.6. The minimum atomic E-state index is 0.924. The van der Waals surface area contributed by atoms with Crippen molar-refractivity contribution in [3.8, 4) is 0 Å². The molecule has 2 rings (SSSR count). The molecule has 0 saturated heterocycles. The standard InChI is InChI=1S/C18H21N/c1-2-17(18-11-7-4-8-12-18)15-19-14-13-16-9-5-3-6-10-16/h2-12,19H,13-15H2,1H3/b17-2-. The highest BCUT2D eigenvalue weighted by Crippen LogP contribution is 2.12. The molecule has 0 radical (unpaired) electrons. The molecular weight excluding hydrogens is 230 g/mol. The largest absolute Gasteiger partial charge is 0.312 e. The van der Waals surface area contributed by atoms with Crippen molar-refractivity contribution in [3.05, 3.63) is 77.9 Å². The molecule has 0 unspecified atom stereocenters. The molecule has 19 heavy (non-hydrogen) atoms. The second-order valence-electron chi connectivity index (χ2n) is 4.59. The minimum Gasteiger partial charge on any atom is -0.312 e. The highest BCUT2D eigenvalue weighted by atomic mass is 14.8. The Bertz CT molecular complexity index is 500. The summed E-state index contributed by atoms with van der Waals surface area (Å²) in [5.74, 6) is 0. The Kier molecular flexibility index (Phi) is 5.39. The fraction of sp³-hybridized carbons (Fsp3) is 0.222. The van der Waals surface area contributed by atoms with E-state index in [1.165, 1.54) is 16.7 Å². The maximum absolute atomic E-state index is 3.52. The van der Waals surface area contributed by atoms with Gasteiger partial charge >= 0.3 is 0 Å². The fourth-order valence-corrected chi connectivity index (χ4v) is 2.12. The van der Waals surface area contributed by atoms with Gasteiger partial charge in [0.15, 0.2) is 0 Å². The number of benzene rings is 2. The molecular formula is C18H21N. The normalized spacial score (nSPS) is 11.5. The molecule has 1 heteroatoms. The SMILES string of the molecule is C/C=C(/CNCCc1ccccc1)c1ccccc1. The zero-order valence-electron chi connectivity index (χ0n) is 11.5. The predicted molar refractivity (Wildman–Crippen MR) is 83.1 cm³/mol. The van der Waals surface area contributed by atoms with Crippen LogP contribution >= 0.6 is 0 Å². The van der Waals surface area contributed by atoms with Crippen LogP contribution in [0.3, 0.4) is 0 Å². The summed E-state index contributed by atoms with van der Waals surface area (Å²) >= 11 is 0. The van der Waals surface area contributed by atoms with Gasteiger partial charge in [-0.15, -0.1) is 0 Å². The molecule has 0 heterocycles. The average Bonchev–Trinajstić information content (AvgIpc) is 2.49. The summed E-state index contributed by atoms with van der Waals surface area (Å²) in [4.78, 5) is 0. The van der Waals surface area contributed by atoms with Gasteiger partial charge in [0.25, 0.3) is 0 Å². The summed E-state index contributed by atoms with van der Waals surface area (Å²) in [5.41, 5.74) is 4.04. The van der Waals surface area contributed by atoms with E-state index in [0.29, 0.717) is 0 Å². The average molecular weight is 251 g/mol. The molecule has 0 aliphatic rings. The van der Waals surface area contributed by atoms with E-state index in [1.807, 2.05) is 0 Å². The summed E-state index contributed by atoms with van der Waals surface area (Å²) in [6.45, 7) is 4.03. The molecule has 0 atom stereocenters. The number of hydrogen-bond donors (Lipinski definition) is 1. The van der Waals surface area contributed by atoms with E-state index in [4.69, 9.17) is 0 Å². The maximum Gasteiger partial charge on any atom is 0.0208 e. The van der Waals surface area contributed by atoms with E-state index in [-0.39, 0.29) is 0 Å². The predicted octanol–water partition coefficient (Wildman–Crippen LogP) is 3.92. The quantitative estimate of drug-likeness (QED) is 0.767. The molecule has 1 nitrogen and oxygen atoms in total. The van der Waals surface area contributed by atoms with Gasteiger partial charge in [0, 0.05) is 6.54 Å². The topological polar surface area (TPSA) is 12.0 Å². The molecule has 0 aliphatic heterocycles. The van der Waals surface area contributed by atoms with Gasteiger partial charge in [-0.2, -0.15) is 0 Å². The summed E-state index contributed by atoms with van der Waals surface area (Å²) in [6.07, 6.45) is 3.26. The molecule has 0 bridgehead atoms. The Morgan fingerprint density at radius 3 is 2.21 bits per heavy atom. The Hall–Kier alpha value is -1.86. The number of nitrogens with one attached hydrogen (secondary N) is 1. The Labute approximate surface area is 116 Å². The third-order valence-corrected chi connectivity index (χ3v) is 3.24. The van der Waals surface area contributed by atoms with E-state index < -0.39 is 0 Å². The maximum atomic E-state index is 3.52. The first-order chi connectivity index (χ1) is 9.40. The molecule has 98 valence electrons. The van der Waals surface area contributed by atoms with Gasteiger partial charge in [-0.25, -0.2) is 0 Å². The first-order valence-corrected chi connectivity index (χ1v) is 6.85. The van der Waals surface area contributed by atoms with Gasteiger partial charge in [-0.05, 0) is 36.6 Å². The second-order valence-corrected chi connectivity index (χ2v) is 4.59. The third kappa shape index (κ3) is 4.38. The molecule has 0 saturated carbocycles. The van der Waals surface area contributed by atoms with Crippen LogP contribution in [0.5, 0.6) is 0 Å². The first-order valence-electron chi connectivity index (χ1n) is 6.85. The van der Waals surface area contributed by atoms with Crippen LogP contribution in [0.15, 0.2) is 66.7 Å². The van der Waals surface area contributed by atoms with Gasteiger partial charge in [-0.3, -0.25) is 0 Å². The van der Waals surface area contributed by atoms with Crippen LogP contribution in [0.2, 0.25) is 0 Å². The molecule has 2 aromatic carbocycles. The molecule has 1 N–H and O–H groups in total. The molecule has 0 spiro atoms. The van der Waals surface area contributed by atoms with Crippen LogP contribution in [-0.2, 0) is 6.42 Å². The van der Waals surface area contributed by atoms with Crippen molar-refractivity contribution in [1.82, 2.24) is 5.32 Å². The lowest BCUT2D eigenvalue weighted by Crippen LogP contribution is -2.19. The van der Waals surface area contributed by atoms with Crippen LogP contribution in [0.25, 0.3) is 5.57 Å². The molecule has 0 aromatic heterocycles. The fourth-order valence-electron chi connectivity index (χ4n) is 2.12. The highest BCUT2D eigenvalue weighted by Gasteiger charge is 1.99. The molecule has 0 aliphatic carbocycles. The second kappa shape index (κ2) is 7.55. The van der Waals surface area contributed by atoms with Crippen molar-refractivity contribution in [2.75, 3.05) is 13.1 Å². The van der Waals surface area contributed by atoms with Gasteiger partial charge in [-0.1, -0.05) is 66.7 Å². The Morgan fingerprint density at radius 2 is 1.58 bits per heavy atom. The zero-order valence-corrected chi connectivity index (χ0v) is 11.5. The number of hydrogen-bond acceptors (Lipinski definition) is 1. The molecule has 0 amide bonds. The third-order valence-electron chi connectivity index (χ3n) is 3.24. The van der Waals surface area contributed by atoms with E-state index in [9.17, 15) is 0 Å².